The third kappa shape index (κ3) is 2.34. The predicted molar refractivity (Wildman–Crippen MR) is 84.4 cm³/mol. The molecule has 110 valence electrons. The fourth-order valence-corrected chi connectivity index (χ4v) is 5.13. The van der Waals surface area contributed by atoms with Gasteiger partial charge in [0.2, 0.25) is 0 Å². The van der Waals surface area contributed by atoms with E-state index in [9.17, 15) is 4.79 Å². The van der Waals surface area contributed by atoms with Gasteiger partial charge in [0.1, 0.15) is 0 Å². The van der Waals surface area contributed by atoms with Crippen molar-refractivity contribution < 1.29 is 4.79 Å². The highest BCUT2D eigenvalue weighted by Crippen LogP contribution is 2.44. The van der Waals surface area contributed by atoms with E-state index in [4.69, 9.17) is 5.73 Å². The summed E-state index contributed by atoms with van der Waals surface area (Å²) in [4.78, 5) is 16.2. The van der Waals surface area contributed by atoms with Gasteiger partial charge in [0, 0.05) is 18.0 Å². The van der Waals surface area contributed by atoms with Crippen molar-refractivity contribution in [1.29, 1.82) is 0 Å². The molecule has 4 heteroatoms. The molecule has 1 fully saturated rings. The first kappa shape index (κ1) is 13.9. The largest absolute Gasteiger partial charge is 0.390 e. The second-order valence-corrected chi connectivity index (χ2v) is 7.61. The van der Waals surface area contributed by atoms with Crippen LogP contribution in [0.15, 0.2) is 0 Å². The van der Waals surface area contributed by atoms with Gasteiger partial charge in [-0.1, -0.05) is 13.8 Å². The average molecular weight is 292 g/mol. The van der Waals surface area contributed by atoms with Gasteiger partial charge in [0.15, 0.2) is 0 Å². The number of piperidine rings is 1. The number of anilines is 1. The van der Waals surface area contributed by atoms with Crippen LogP contribution >= 0.6 is 11.3 Å². The van der Waals surface area contributed by atoms with Crippen molar-refractivity contribution in [1.82, 2.24) is 4.90 Å². The normalized spacial score (nSPS) is 26.4. The fraction of sp³-hybridized carbons (Fsp3) is 0.688. The van der Waals surface area contributed by atoms with Crippen molar-refractivity contribution in [3.63, 3.8) is 0 Å². The van der Waals surface area contributed by atoms with Gasteiger partial charge in [-0.3, -0.25) is 4.79 Å². The van der Waals surface area contributed by atoms with Crippen molar-refractivity contribution in [2.24, 2.45) is 5.92 Å². The molecule has 1 aliphatic heterocycles. The molecule has 1 saturated heterocycles. The number of fused-ring (bicyclic) bond motifs is 1. The molecule has 0 bridgehead atoms. The summed E-state index contributed by atoms with van der Waals surface area (Å²) in [6.45, 7) is 6.33. The van der Waals surface area contributed by atoms with E-state index < -0.39 is 0 Å². The minimum absolute atomic E-state index is 0.182. The highest BCUT2D eigenvalue weighted by atomic mass is 32.1. The monoisotopic (exact) mass is 292 g/mol. The molecule has 0 radical (unpaired) electrons. The van der Waals surface area contributed by atoms with Gasteiger partial charge in [-0.25, -0.2) is 0 Å². The van der Waals surface area contributed by atoms with Crippen LogP contribution in [0.2, 0.25) is 0 Å². The van der Waals surface area contributed by atoms with Crippen LogP contribution in [-0.4, -0.2) is 23.9 Å². The van der Waals surface area contributed by atoms with E-state index in [0.717, 1.165) is 42.9 Å². The SMILES string of the molecule is CC1Cc2sc(N)c(C(=O)N3CCCCC3)c2C(C)C1. The van der Waals surface area contributed by atoms with Crippen LogP contribution in [0.5, 0.6) is 0 Å². The van der Waals surface area contributed by atoms with Crippen molar-refractivity contribution >= 4 is 22.2 Å². The molecule has 0 aromatic carbocycles. The number of rotatable bonds is 1. The molecular formula is C16H24N2OS. The van der Waals surface area contributed by atoms with E-state index >= 15 is 0 Å². The van der Waals surface area contributed by atoms with E-state index in [1.165, 1.54) is 23.3 Å². The van der Waals surface area contributed by atoms with E-state index in [1.54, 1.807) is 11.3 Å². The summed E-state index contributed by atoms with van der Waals surface area (Å²) >= 11 is 1.65. The smallest absolute Gasteiger partial charge is 0.257 e. The zero-order chi connectivity index (χ0) is 14.3. The first-order valence-corrected chi connectivity index (χ1v) is 8.60. The number of nitrogens with two attached hydrogens (primary N) is 1. The Morgan fingerprint density at radius 3 is 2.65 bits per heavy atom. The van der Waals surface area contributed by atoms with E-state index in [0.29, 0.717) is 11.8 Å². The molecule has 3 nitrogen and oxygen atoms in total. The van der Waals surface area contributed by atoms with Crippen molar-refractivity contribution in [3.05, 3.63) is 16.0 Å². The van der Waals surface area contributed by atoms with Gasteiger partial charge in [0.25, 0.3) is 5.91 Å². The molecule has 1 aromatic heterocycles. The van der Waals surface area contributed by atoms with Crippen LogP contribution < -0.4 is 5.73 Å². The number of thiophene rings is 1. The number of hydrogen-bond donors (Lipinski definition) is 1. The highest BCUT2D eigenvalue weighted by Gasteiger charge is 2.32. The quantitative estimate of drug-likeness (QED) is 0.859. The molecule has 3 rings (SSSR count). The standard InChI is InChI=1S/C16H24N2OS/c1-10-8-11(2)13-12(9-10)20-15(17)14(13)16(19)18-6-4-3-5-7-18/h10-11H,3-9,17H2,1-2H3. The lowest BCUT2D eigenvalue weighted by atomic mass is 9.80. The molecule has 1 aliphatic carbocycles. The maximum atomic E-state index is 12.8. The number of nitrogen functional groups attached to an aromatic ring is 1. The van der Waals surface area contributed by atoms with Gasteiger partial charge in [-0.2, -0.15) is 0 Å². The summed E-state index contributed by atoms with van der Waals surface area (Å²) in [6, 6.07) is 0. The summed E-state index contributed by atoms with van der Waals surface area (Å²) in [5.74, 6) is 1.35. The summed E-state index contributed by atoms with van der Waals surface area (Å²) in [6.07, 6.45) is 5.76. The van der Waals surface area contributed by atoms with Gasteiger partial charge in [-0.05, 0) is 49.5 Å². The average Bonchev–Trinajstić information content (AvgIpc) is 2.75. The zero-order valence-electron chi connectivity index (χ0n) is 12.4. The number of carbonyl (C=O) groups excluding carboxylic acids is 1. The van der Waals surface area contributed by atoms with Gasteiger partial charge >= 0.3 is 0 Å². The lowest BCUT2D eigenvalue weighted by Crippen LogP contribution is -2.36. The lowest BCUT2D eigenvalue weighted by molar-refractivity contribution is 0.0724. The number of likely N-dealkylation sites (tertiary alicyclic amines) is 1. The van der Waals surface area contributed by atoms with Gasteiger partial charge in [0.05, 0.1) is 10.6 Å². The molecule has 2 heterocycles. The second kappa shape index (κ2) is 5.40. The third-order valence-corrected chi connectivity index (χ3v) is 5.75. The minimum Gasteiger partial charge on any atom is -0.390 e. The van der Waals surface area contributed by atoms with Gasteiger partial charge in [-0.15, -0.1) is 11.3 Å². The summed E-state index contributed by atoms with van der Waals surface area (Å²) in [5, 5.41) is 0.742. The molecule has 2 N–H and O–H groups in total. The van der Waals surface area contributed by atoms with E-state index in [1.807, 2.05) is 4.90 Å². The number of amides is 1. The maximum Gasteiger partial charge on any atom is 0.257 e. The zero-order valence-corrected chi connectivity index (χ0v) is 13.3. The van der Waals surface area contributed by atoms with Crippen molar-refractivity contribution in [3.8, 4) is 0 Å². The van der Waals surface area contributed by atoms with E-state index in [-0.39, 0.29) is 5.91 Å². The number of nitrogens with zero attached hydrogens (tertiary/aromatic N) is 1. The maximum absolute atomic E-state index is 12.8. The molecule has 1 aromatic rings. The van der Waals surface area contributed by atoms with Crippen LogP contribution in [0.25, 0.3) is 0 Å². The molecule has 2 unspecified atom stereocenters. The van der Waals surface area contributed by atoms with Crippen LogP contribution in [0.3, 0.4) is 0 Å². The van der Waals surface area contributed by atoms with Crippen LogP contribution in [-0.2, 0) is 6.42 Å². The Bertz CT molecular complexity index is 517. The second-order valence-electron chi connectivity index (χ2n) is 6.48. The minimum atomic E-state index is 0.182. The van der Waals surface area contributed by atoms with Crippen LogP contribution in [0, 0.1) is 5.92 Å². The van der Waals surface area contributed by atoms with Crippen LogP contribution in [0.4, 0.5) is 5.00 Å². The van der Waals surface area contributed by atoms with Gasteiger partial charge < -0.3 is 10.6 Å². The summed E-state index contributed by atoms with van der Waals surface area (Å²) in [7, 11) is 0. The molecular weight excluding hydrogens is 268 g/mol. The fourth-order valence-electron chi connectivity index (χ4n) is 3.78. The Balaban J connectivity index is 1.95. The molecule has 0 spiro atoms. The summed E-state index contributed by atoms with van der Waals surface area (Å²) < 4.78 is 0. The predicted octanol–water partition coefficient (Wildman–Crippen LogP) is 3.64. The van der Waals surface area contributed by atoms with Crippen molar-refractivity contribution in [2.45, 2.75) is 51.9 Å². The van der Waals surface area contributed by atoms with E-state index in [2.05, 4.69) is 13.8 Å². The highest BCUT2D eigenvalue weighted by molar-refractivity contribution is 7.16. The molecule has 1 amide bonds. The van der Waals surface area contributed by atoms with Crippen molar-refractivity contribution in [2.75, 3.05) is 18.8 Å². The molecule has 0 saturated carbocycles. The lowest BCUT2D eigenvalue weighted by Gasteiger charge is -2.29. The number of carbonyl (C=O) groups is 1. The molecule has 2 aliphatic rings. The van der Waals surface area contributed by atoms with Crippen LogP contribution in [0.1, 0.15) is 66.2 Å². The summed E-state index contributed by atoms with van der Waals surface area (Å²) in [5.41, 5.74) is 8.31. The topological polar surface area (TPSA) is 46.3 Å². The Morgan fingerprint density at radius 1 is 1.25 bits per heavy atom. The first-order valence-electron chi connectivity index (χ1n) is 7.78. The molecule has 20 heavy (non-hydrogen) atoms. The first-order chi connectivity index (χ1) is 9.58. The molecule has 2 atom stereocenters. The number of hydrogen-bond acceptors (Lipinski definition) is 3. The Kier molecular flexibility index (Phi) is 3.76. The Labute approximate surface area is 125 Å². The third-order valence-electron chi connectivity index (χ3n) is 4.69. The Hall–Kier alpha value is -1.03. The Morgan fingerprint density at radius 2 is 1.95 bits per heavy atom.